The maximum Gasteiger partial charge on any atom is 0.304 e. The Morgan fingerprint density at radius 2 is 1.64 bits per heavy atom. The molecule has 3 N–H and O–H groups in total. The van der Waals surface area contributed by atoms with E-state index in [1.54, 1.807) is 29.7 Å². The number of aliphatic imine (C=N–C) groups is 1. The van der Waals surface area contributed by atoms with Crippen LogP contribution in [0.15, 0.2) is 70.6 Å². The molecule has 2 unspecified atom stereocenters. The van der Waals surface area contributed by atoms with Crippen LogP contribution in [0.4, 0.5) is 4.39 Å². The smallest absolute Gasteiger partial charge is 0.304 e. The lowest BCUT2D eigenvalue weighted by atomic mass is 9.62. The molecule has 190 valence electrons. The summed E-state index contributed by atoms with van der Waals surface area (Å²) < 4.78 is 46.7. The Bertz CT molecular complexity index is 1290. The van der Waals surface area contributed by atoms with Crippen molar-refractivity contribution in [2.24, 2.45) is 10.4 Å². The van der Waals surface area contributed by atoms with E-state index in [-0.39, 0.29) is 31.0 Å². The van der Waals surface area contributed by atoms with Gasteiger partial charge in [0, 0.05) is 19.4 Å². The van der Waals surface area contributed by atoms with Crippen LogP contribution in [0.5, 0.6) is 0 Å². The predicted molar refractivity (Wildman–Crippen MR) is 128 cm³/mol. The van der Waals surface area contributed by atoms with Gasteiger partial charge in [0.05, 0.1) is 16.7 Å². The highest BCUT2D eigenvalue weighted by molar-refractivity contribution is 7.92. The van der Waals surface area contributed by atoms with Crippen LogP contribution in [-0.4, -0.2) is 60.8 Å². The van der Waals surface area contributed by atoms with E-state index in [0.717, 1.165) is 0 Å². The van der Waals surface area contributed by atoms with Crippen LogP contribution < -0.4 is 5.48 Å². The first kappa shape index (κ1) is 25.7. The number of rotatable bonds is 8. The number of ether oxygens (including phenoxy) is 1. The van der Waals surface area contributed by atoms with E-state index < -0.39 is 50.2 Å². The third-order valence-electron chi connectivity index (χ3n) is 6.96. The number of aliphatic carboxylic acids is 1. The number of hydrogen-bond donors (Lipinski definition) is 3. The second kappa shape index (κ2) is 9.92. The summed E-state index contributed by atoms with van der Waals surface area (Å²) in [6, 6.07) is 11.5. The fraction of sp³-hybridized carbons (Fsp3) is 0.320. The minimum Gasteiger partial charge on any atom is -0.481 e. The number of carbonyl (C=O) groups excluding carboxylic acids is 1. The van der Waals surface area contributed by atoms with Crippen molar-refractivity contribution >= 4 is 27.9 Å². The van der Waals surface area contributed by atoms with Gasteiger partial charge in [-0.2, -0.15) is 0 Å². The number of amides is 1. The molecule has 0 radical (unpaired) electrons. The topological polar surface area (TPSA) is 142 Å². The molecule has 11 heteroatoms. The Hall–Kier alpha value is -3.41. The number of sulfone groups is 1. The van der Waals surface area contributed by atoms with Crippen molar-refractivity contribution in [1.82, 2.24) is 5.48 Å². The fourth-order valence-corrected chi connectivity index (χ4v) is 7.17. The van der Waals surface area contributed by atoms with Gasteiger partial charge in [0.15, 0.2) is 9.84 Å². The van der Waals surface area contributed by atoms with Crippen molar-refractivity contribution < 1.29 is 37.4 Å². The molecule has 0 aromatic heterocycles. The van der Waals surface area contributed by atoms with Gasteiger partial charge in [-0.1, -0.05) is 30.3 Å². The van der Waals surface area contributed by atoms with Gasteiger partial charge in [0.2, 0.25) is 0 Å². The predicted octanol–water partition coefficient (Wildman–Crippen LogP) is 2.79. The lowest BCUT2D eigenvalue weighted by Crippen LogP contribution is -2.63. The van der Waals surface area contributed by atoms with Crippen LogP contribution in [0, 0.1) is 11.2 Å². The number of nitrogens with one attached hydrogen (secondary N) is 1. The summed E-state index contributed by atoms with van der Waals surface area (Å²) >= 11 is 0. The second-order valence-electron chi connectivity index (χ2n) is 8.76. The number of carboxylic acids is 1. The first-order valence-electron chi connectivity index (χ1n) is 11.2. The van der Waals surface area contributed by atoms with Gasteiger partial charge in [-0.3, -0.25) is 19.8 Å². The lowest BCUT2D eigenvalue weighted by molar-refractivity contribution is -0.151. The zero-order valence-corrected chi connectivity index (χ0v) is 19.9. The van der Waals surface area contributed by atoms with Crippen molar-refractivity contribution in [3.63, 3.8) is 0 Å². The zero-order valence-electron chi connectivity index (χ0n) is 19.1. The third kappa shape index (κ3) is 4.34. The van der Waals surface area contributed by atoms with E-state index in [1.165, 1.54) is 42.6 Å². The SMILES string of the molecule is O=C(O)CC(C1(C2(C(=O)NO)CCOCC2)C=CC=N1)S(=O)(=O)c1ccc(-c2ccc(F)cc2)cc1. The van der Waals surface area contributed by atoms with E-state index in [2.05, 4.69) is 4.99 Å². The van der Waals surface area contributed by atoms with Crippen LogP contribution in [0.3, 0.4) is 0 Å². The molecule has 0 aliphatic carbocycles. The Kier molecular flexibility index (Phi) is 7.07. The summed E-state index contributed by atoms with van der Waals surface area (Å²) in [6.07, 6.45) is 3.47. The minimum atomic E-state index is -4.38. The quantitative estimate of drug-likeness (QED) is 0.362. The largest absolute Gasteiger partial charge is 0.481 e. The highest BCUT2D eigenvalue weighted by atomic mass is 32.2. The molecule has 2 aromatic rings. The van der Waals surface area contributed by atoms with Crippen molar-refractivity contribution in [2.75, 3.05) is 13.2 Å². The number of nitrogens with zero attached hydrogens (tertiary/aromatic N) is 1. The van der Waals surface area contributed by atoms with E-state index in [9.17, 15) is 32.7 Å². The molecule has 0 bridgehead atoms. The van der Waals surface area contributed by atoms with Gasteiger partial charge in [0.1, 0.15) is 16.6 Å². The third-order valence-corrected chi connectivity index (χ3v) is 9.16. The van der Waals surface area contributed by atoms with Gasteiger partial charge < -0.3 is 9.84 Å². The number of carboxylic acid groups (broad SMARTS) is 1. The van der Waals surface area contributed by atoms with Crippen molar-refractivity contribution in [1.29, 1.82) is 0 Å². The number of carbonyl (C=O) groups is 2. The van der Waals surface area contributed by atoms with Crippen molar-refractivity contribution in [3.05, 3.63) is 66.5 Å². The summed E-state index contributed by atoms with van der Waals surface area (Å²) in [7, 11) is -4.38. The molecule has 2 heterocycles. The monoisotopic (exact) mass is 516 g/mol. The van der Waals surface area contributed by atoms with Gasteiger partial charge in [-0.25, -0.2) is 18.3 Å². The Morgan fingerprint density at radius 1 is 1.06 bits per heavy atom. The van der Waals surface area contributed by atoms with Crippen LogP contribution in [0.1, 0.15) is 19.3 Å². The molecule has 1 fully saturated rings. The van der Waals surface area contributed by atoms with Crippen LogP contribution in [0.25, 0.3) is 11.1 Å². The van der Waals surface area contributed by atoms with Crippen LogP contribution >= 0.6 is 0 Å². The molecule has 2 aromatic carbocycles. The molecular weight excluding hydrogens is 491 g/mol. The van der Waals surface area contributed by atoms with Gasteiger partial charge in [-0.15, -0.1) is 0 Å². The Morgan fingerprint density at radius 3 is 2.14 bits per heavy atom. The molecule has 2 atom stereocenters. The first-order valence-corrected chi connectivity index (χ1v) is 12.8. The van der Waals surface area contributed by atoms with Crippen molar-refractivity contribution in [2.45, 2.75) is 34.9 Å². The van der Waals surface area contributed by atoms with Crippen LogP contribution in [-0.2, 0) is 24.2 Å². The lowest BCUT2D eigenvalue weighted by Gasteiger charge is -2.49. The summed E-state index contributed by atoms with van der Waals surface area (Å²) in [5.41, 5.74) is -0.419. The number of hydrogen-bond acceptors (Lipinski definition) is 7. The molecule has 0 saturated carbocycles. The number of hydroxylamine groups is 1. The molecule has 2 aliphatic rings. The van der Waals surface area contributed by atoms with E-state index in [1.807, 2.05) is 0 Å². The average Bonchev–Trinajstić information content (AvgIpc) is 3.39. The highest BCUT2D eigenvalue weighted by Gasteiger charge is 2.63. The molecular formula is C25H25FN2O7S. The molecule has 1 saturated heterocycles. The molecule has 0 spiro atoms. The standard InChI is InChI=1S/C25H25FN2O7S/c26-19-6-2-17(3-7-19)18-4-8-20(9-5-18)36(33,34)21(16-22(29)30)25(10-1-13-27-25)24(23(31)28-32)11-14-35-15-12-24/h1-10,13,21,32H,11-12,14-16H2,(H,28,31)(H,29,30). The maximum atomic E-state index is 14.0. The van der Waals surface area contributed by atoms with E-state index in [4.69, 9.17) is 4.74 Å². The summed E-state index contributed by atoms with van der Waals surface area (Å²) in [5.74, 6) is -2.64. The van der Waals surface area contributed by atoms with Gasteiger partial charge in [-0.05, 0) is 54.3 Å². The van der Waals surface area contributed by atoms with Crippen molar-refractivity contribution in [3.8, 4) is 11.1 Å². The molecule has 9 nitrogen and oxygen atoms in total. The number of allylic oxidation sites excluding steroid dienone is 1. The normalized spacial score (nSPS) is 21.7. The average molecular weight is 517 g/mol. The number of halogens is 1. The maximum absolute atomic E-state index is 14.0. The molecule has 4 rings (SSSR count). The number of benzene rings is 2. The molecule has 2 aliphatic heterocycles. The first-order chi connectivity index (χ1) is 17.2. The zero-order chi connectivity index (χ0) is 26.0. The molecule has 1 amide bonds. The Labute approximate surface area is 207 Å². The van der Waals surface area contributed by atoms with Gasteiger partial charge >= 0.3 is 5.97 Å². The van der Waals surface area contributed by atoms with E-state index in [0.29, 0.717) is 11.1 Å². The summed E-state index contributed by atoms with van der Waals surface area (Å²) in [6.45, 7) is 0.204. The highest BCUT2D eigenvalue weighted by Crippen LogP contribution is 2.51. The Balaban J connectivity index is 1.83. The molecule has 36 heavy (non-hydrogen) atoms. The second-order valence-corrected chi connectivity index (χ2v) is 10.9. The fourth-order valence-electron chi connectivity index (χ4n) is 5.12. The summed E-state index contributed by atoms with van der Waals surface area (Å²) in [5, 5.41) is 17.6. The summed E-state index contributed by atoms with van der Waals surface area (Å²) in [4.78, 5) is 29.3. The minimum absolute atomic E-state index is 0.0240. The van der Waals surface area contributed by atoms with Gasteiger partial charge in [0.25, 0.3) is 5.91 Å². The van der Waals surface area contributed by atoms with Crippen LogP contribution in [0.2, 0.25) is 0 Å². The van der Waals surface area contributed by atoms with E-state index >= 15 is 0 Å².